The van der Waals surface area contributed by atoms with Crippen molar-refractivity contribution < 1.29 is 4.52 Å². The third-order valence-corrected chi connectivity index (χ3v) is 4.22. The Kier molecular flexibility index (Phi) is 3.21. The van der Waals surface area contributed by atoms with Crippen LogP contribution in [0.1, 0.15) is 11.5 Å². The van der Waals surface area contributed by atoms with Crippen molar-refractivity contribution in [2.75, 3.05) is 5.32 Å². The Morgan fingerprint density at radius 3 is 3.00 bits per heavy atom. The Morgan fingerprint density at radius 2 is 2.12 bits per heavy atom. The Labute approximate surface area is 147 Å². The zero-order chi connectivity index (χ0) is 17.5. The lowest BCUT2D eigenvalue weighted by molar-refractivity contribution is 0.388. The molecule has 2 N–H and O–H groups in total. The summed E-state index contributed by atoms with van der Waals surface area (Å²) in [5.74, 6) is 1.54. The van der Waals surface area contributed by atoms with Gasteiger partial charge in [-0.2, -0.15) is 10.2 Å². The minimum absolute atomic E-state index is 0.525. The number of H-pyrrole nitrogens is 1. The maximum atomic E-state index is 5.13. The van der Waals surface area contributed by atoms with Gasteiger partial charge in [0.25, 0.3) is 0 Å². The topological polar surface area (TPSA) is 97.5 Å². The molecule has 5 rings (SSSR count). The highest BCUT2D eigenvalue weighted by molar-refractivity contribution is 5.91. The molecule has 0 aliphatic carbocycles. The summed E-state index contributed by atoms with van der Waals surface area (Å²) < 4.78 is 6.98. The maximum absolute atomic E-state index is 5.13. The van der Waals surface area contributed by atoms with Crippen molar-refractivity contribution in [2.24, 2.45) is 0 Å². The average Bonchev–Trinajstić information content (AvgIpc) is 3.36. The van der Waals surface area contributed by atoms with Crippen LogP contribution >= 0.6 is 0 Å². The van der Waals surface area contributed by atoms with E-state index in [9.17, 15) is 0 Å². The van der Waals surface area contributed by atoms with Gasteiger partial charge in [0.05, 0.1) is 35.7 Å². The molecule has 0 aliphatic rings. The van der Waals surface area contributed by atoms with Crippen LogP contribution in [0.15, 0.2) is 53.3 Å². The van der Waals surface area contributed by atoms with Crippen LogP contribution in [0.2, 0.25) is 0 Å². The number of rotatable bonds is 4. The monoisotopic (exact) mass is 345 g/mol. The predicted molar refractivity (Wildman–Crippen MR) is 97.2 cm³/mol. The van der Waals surface area contributed by atoms with Crippen LogP contribution in [0.5, 0.6) is 0 Å². The summed E-state index contributed by atoms with van der Waals surface area (Å²) in [5, 5.41) is 20.2. The fourth-order valence-corrected chi connectivity index (χ4v) is 2.99. The van der Waals surface area contributed by atoms with Crippen LogP contribution in [0.25, 0.3) is 21.9 Å². The Bertz CT molecular complexity index is 1220. The highest BCUT2D eigenvalue weighted by atomic mass is 16.5. The van der Waals surface area contributed by atoms with E-state index < -0.39 is 0 Å². The summed E-state index contributed by atoms with van der Waals surface area (Å²) in [5.41, 5.74) is 4.38. The van der Waals surface area contributed by atoms with Crippen LogP contribution in [-0.4, -0.2) is 30.1 Å². The van der Waals surface area contributed by atoms with Crippen molar-refractivity contribution in [1.29, 1.82) is 0 Å². The van der Waals surface area contributed by atoms with E-state index in [0.29, 0.717) is 6.54 Å². The van der Waals surface area contributed by atoms with Gasteiger partial charge < -0.3 is 9.84 Å². The lowest BCUT2D eigenvalue weighted by Crippen LogP contribution is -2.02. The number of pyridine rings is 1. The van der Waals surface area contributed by atoms with E-state index in [2.05, 4.69) is 30.8 Å². The minimum atomic E-state index is 0.525. The quantitative estimate of drug-likeness (QED) is 0.518. The molecule has 8 heteroatoms. The number of anilines is 2. The Balaban J connectivity index is 1.50. The van der Waals surface area contributed by atoms with Crippen LogP contribution < -0.4 is 5.32 Å². The molecular formula is C18H15N7O. The average molecular weight is 345 g/mol. The molecule has 5 aromatic rings. The van der Waals surface area contributed by atoms with Crippen LogP contribution in [0.4, 0.5) is 11.5 Å². The van der Waals surface area contributed by atoms with E-state index in [-0.39, 0.29) is 0 Å². The van der Waals surface area contributed by atoms with Gasteiger partial charge in [-0.1, -0.05) is 17.3 Å². The highest BCUT2D eigenvalue weighted by Gasteiger charge is 2.10. The number of aryl methyl sites for hydroxylation is 1. The van der Waals surface area contributed by atoms with Gasteiger partial charge in [-0.3, -0.25) is 14.8 Å². The summed E-state index contributed by atoms with van der Waals surface area (Å²) in [6.45, 7) is 2.40. The fraction of sp³-hybridized carbons (Fsp3) is 0.111. The SMILES string of the molecule is Cc1cc(Cn2ncc3ncc(Nc4n[nH]c5ccccc45)cc32)no1. The summed E-state index contributed by atoms with van der Waals surface area (Å²) in [6, 6.07) is 11.9. The molecule has 4 aromatic heterocycles. The molecule has 0 radical (unpaired) electrons. The van der Waals surface area contributed by atoms with Crippen molar-refractivity contribution >= 4 is 33.4 Å². The second-order valence-electron chi connectivity index (χ2n) is 6.10. The van der Waals surface area contributed by atoms with Crippen molar-refractivity contribution in [3.63, 3.8) is 0 Å². The van der Waals surface area contributed by atoms with E-state index >= 15 is 0 Å². The lowest BCUT2D eigenvalue weighted by Gasteiger charge is -2.05. The smallest absolute Gasteiger partial charge is 0.160 e. The number of nitrogens with one attached hydrogen (secondary N) is 2. The molecule has 0 saturated heterocycles. The van der Waals surface area contributed by atoms with Crippen LogP contribution in [-0.2, 0) is 6.54 Å². The molecule has 0 aliphatic heterocycles. The first-order valence-electron chi connectivity index (χ1n) is 8.20. The van der Waals surface area contributed by atoms with Crippen molar-refractivity contribution in [2.45, 2.75) is 13.5 Å². The number of aromatic amines is 1. The normalized spacial score (nSPS) is 11.4. The predicted octanol–water partition coefficient (Wildman–Crippen LogP) is 3.40. The molecule has 128 valence electrons. The molecule has 0 saturated carbocycles. The largest absolute Gasteiger partial charge is 0.361 e. The van der Waals surface area contributed by atoms with Gasteiger partial charge in [-0.25, -0.2) is 0 Å². The van der Waals surface area contributed by atoms with Gasteiger partial charge in [0.2, 0.25) is 0 Å². The molecule has 0 amide bonds. The van der Waals surface area contributed by atoms with Crippen LogP contribution in [0, 0.1) is 6.92 Å². The van der Waals surface area contributed by atoms with E-state index in [1.54, 1.807) is 12.4 Å². The van der Waals surface area contributed by atoms with E-state index in [4.69, 9.17) is 4.52 Å². The van der Waals surface area contributed by atoms with Gasteiger partial charge >= 0.3 is 0 Å². The number of hydrogen-bond acceptors (Lipinski definition) is 6. The summed E-state index contributed by atoms with van der Waals surface area (Å²) in [4.78, 5) is 4.48. The standard InChI is InChI=1S/C18H15N7O/c1-11-6-13(24-26-11)10-25-17-7-12(8-19-16(17)9-20-25)21-18-14-4-2-3-5-15(14)22-23-18/h2-9H,10H2,1H3,(H2,21,22,23). The number of fused-ring (bicyclic) bond motifs is 2. The van der Waals surface area contributed by atoms with Gasteiger partial charge in [0.15, 0.2) is 5.82 Å². The molecule has 4 heterocycles. The van der Waals surface area contributed by atoms with E-state index in [1.807, 2.05) is 48.0 Å². The van der Waals surface area contributed by atoms with Gasteiger partial charge in [-0.05, 0) is 25.1 Å². The van der Waals surface area contributed by atoms with Gasteiger partial charge in [0.1, 0.15) is 17.0 Å². The molecule has 0 spiro atoms. The number of benzene rings is 1. The summed E-state index contributed by atoms with van der Waals surface area (Å²) in [6.07, 6.45) is 3.52. The Morgan fingerprint density at radius 1 is 1.19 bits per heavy atom. The molecule has 0 fully saturated rings. The molecule has 0 bridgehead atoms. The summed E-state index contributed by atoms with van der Waals surface area (Å²) >= 11 is 0. The van der Waals surface area contributed by atoms with Crippen LogP contribution in [0.3, 0.4) is 0 Å². The molecule has 0 atom stereocenters. The second-order valence-corrected chi connectivity index (χ2v) is 6.10. The third kappa shape index (κ3) is 2.48. The van der Waals surface area contributed by atoms with E-state index in [0.717, 1.165) is 44.9 Å². The first-order valence-corrected chi connectivity index (χ1v) is 8.20. The number of para-hydroxylation sites is 1. The third-order valence-electron chi connectivity index (χ3n) is 4.22. The molecule has 1 aromatic carbocycles. The summed E-state index contributed by atoms with van der Waals surface area (Å²) in [7, 11) is 0. The van der Waals surface area contributed by atoms with Crippen molar-refractivity contribution in [1.82, 2.24) is 30.1 Å². The van der Waals surface area contributed by atoms with Gasteiger partial charge in [0, 0.05) is 11.5 Å². The zero-order valence-corrected chi connectivity index (χ0v) is 14.0. The molecule has 26 heavy (non-hydrogen) atoms. The molecule has 8 nitrogen and oxygen atoms in total. The lowest BCUT2D eigenvalue weighted by atomic mass is 10.2. The van der Waals surface area contributed by atoms with Crippen molar-refractivity contribution in [3.8, 4) is 0 Å². The van der Waals surface area contributed by atoms with Gasteiger partial charge in [-0.15, -0.1) is 0 Å². The molecule has 0 unspecified atom stereocenters. The van der Waals surface area contributed by atoms with Crippen molar-refractivity contribution in [3.05, 3.63) is 60.2 Å². The first kappa shape index (κ1) is 14.6. The minimum Gasteiger partial charge on any atom is -0.361 e. The fourth-order valence-electron chi connectivity index (χ4n) is 2.99. The first-order chi connectivity index (χ1) is 12.8. The van der Waals surface area contributed by atoms with E-state index in [1.165, 1.54) is 0 Å². The maximum Gasteiger partial charge on any atom is 0.160 e. The number of aromatic nitrogens is 6. The Hall–Kier alpha value is -3.68. The second kappa shape index (κ2) is 5.69. The number of hydrogen-bond donors (Lipinski definition) is 2. The molecular weight excluding hydrogens is 330 g/mol. The highest BCUT2D eigenvalue weighted by Crippen LogP contribution is 2.25. The zero-order valence-electron chi connectivity index (χ0n) is 14.0. The number of nitrogens with zero attached hydrogens (tertiary/aromatic N) is 5.